The number of methoxy groups -OCH3 is 1. The molecule has 6 nitrogen and oxygen atoms in total. The number of nitrogen functional groups attached to an aromatic ring is 1. The molecule has 0 aliphatic carbocycles. The van der Waals surface area contributed by atoms with Crippen molar-refractivity contribution in [3.8, 4) is 5.75 Å². The summed E-state index contributed by atoms with van der Waals surface area (Å²) in [6, 6.07) is 0. The standard InChI is InChI=1S/C12H23N3O3S/c1-8(2)18-9-10(13)15-19-11(9)14-7-12(3,16)5-6-17-4/h8,14,16H,5-7H2,1-4H3,(H2,13,15). The summed E-state index contributed by atoms with van der Waals surface area (Å²) in [7, 11) is 1.61. The SMILES string of the molecule is COCCC(C)(O)CNc1snc(N)c1OC(C)C. The summed E-state index contributed by atoms with van der Waals surface area (Å²) in [6.07, 6.45) is 0.568. The molecule has 0 radical (unpaired) electrons. The highest BCUT2D eigenvalue weighted by Gasteiger charge is 2.22. The molecule has 110 valence electrons. The number of hydrogen-bond donors (Lipinski definition) is 3. The second-order valence-corrected chi connectivity index (χ2v) is 5.76. The van der Waals surface area contributed by atoms with Crippen LogP contribution in [0.2, 0.25) is 0 Å². The van der Waals surface area contributed by atoms with Gasteiger partial charge in [0.1, 0.15) is 0 Å². The third-order valence-electron chi connectivity index (χ3n) is 2.50. The highest BCUT2D eigenvalue weighted by Crippen LogP contribution is 2.36. The molecule has 0 spiro atoms. The van der Waals surface area contributed by atoms with Crippen LogP contribution in [0.3, 0.4) is 0 Å². The molecule has 1 unspecified atom stereocenters. The van der Waals surface area contributed by atoms with Gasteiger partial charge in [0.2, 0.25) is 0 Å². The summed E-state index contributed by atoms with van der Waals surface area (Å²) in [4.78, 5) is 0. The largest absolute Gasteiger partial charge is 0.484 e. The summed E-state index contributed by atoms with van der Waals surface area (Å²) in [5.41, 5.74) is 4.90. The van der Waals surface area contributed by atoms with E-state index in [0.717, 1.165) is 5.00 Å². The van der Waals surface area contributed by atoms with E-state index in [-0.39, 0.29) is 6.10 Å². The summed E-state index contributed by atoms with van der Waals surface area (Å²) < 4.78 is 14.6. The monoisotopic (exact) mass is 289 g/mol. The van der Waals surface area contributed by atoms with Crippen LogP contribution in [0.5, 0.6) is 5.75 Å². The number of nitrogens with one attached hydrogen (secondary N) is 1. The summed E-state index contributed by atoms with van der Waals surface area (Å²) in [5.74, 6) is 0.931. The molecule has 1 rings (SSSR count). The van der Waals surface area contributed by atoms with E-state index in [9.17, 15) is 5.11 Å². The minimum absolute atomic E-state index is 0.0215. The lowest BCUT2D eigenvalue weighted by Crippen LogP contribution is -2.34. The molecule has 1 atom stereocenters. The third kappa shape index (κ3) is 5.22. The minimum Gasteiger partial charge on any atom is -0.484 e. The van der Waals surface area contributed by atoms with E-state index in [4.69, 9.17) is 15.2 Å². The summed E-state index contributed by atoms with van der Waals surface area (Å²) >= 11 is 1.23. The average Bonchev–Trinajstić information content (AvgIpc) is 2.66. The normalized spacial score (nSPS) is 14.4. The number of ether oxygens (including phenoxy) is 2. The van der Waals surface area contributed by atoms with Crippen LogP contribution in [0.15, 0.2) is 0 Å². The molecule has 0 aliphatic heterocycles. The van der Waals surface area contributed by atoms with Gasteiger partial charge in [-0.15, -0.1) is 0 Å². The molecule has 0 saturated carbocycles. The van der Waals surface area contributed by atoms with E-state index >= 15 is 0 Å². The third-order valence-corrected chi connectivity index (χ3v) is 3.30. The lowest BCUT2D eigenvalue weighted by molar-refractivity contribution is 0.0358. The van der Waals surface area contributed by atoms with Gasteiger partial charge in [0.25, 0.3) is 0 Å². The molecule has 1 heterocycles. The van der Waals surface area contributed by atoms with Crippen molar-refractivity contribution in [3.05, 3.63) is 0 Å². The molecule has 7 heteroatoms. The molecule has 1 aromatic rings. The van der Waals surface area contributed by atoms with Crippen molar-refractivity contribution in [2.45, 2.75) is 38.9 Å². The van der Waals surface area contributed by atoms with Gasteiger partial charge in [0, 0.05) is 26.7 Å². The Morgan fingerprint density at radius 2 is 2.21 bits per heavy atom. The Balaban J connectivity index is 2.62. The quantitative estimate of drug-likeness (QED) is 0.675. The highest BCUT2D eigenvalue weighted by atomic mass is 32.1. The van der Waals surface area contributed by atoms with E-state index in [2.05, 4.69) is 9.69 Å². The molecule has 0 saturated heterocycles. The van der Waals surface area contributed by atoms with Gasteiger partial charge in [-0.25, -0.2) is 0 Å². The summed E-state index contributed by atoms with van der Waals surface area (Å²) in [6.45, 7) is 6.50. The van der Waals surface area contributed by atoms with Crippen molar-refractivity contribution in [2.24, 2.45) is 0 Å². The number of nitrogens with zero attached hydrogens (tertiary/aromatic N) is 1. The summed E-state index contributed by atoms with van der Waals surface area (Å²) in [5, 5.41) is 14.0. The lowest BCUT2D eigenvalue weighted by atomic mass is 10.0. The zero-order chi connectivity index (χ0) is 14.5. The van der Waals surface area contributed by atoms with E-state index in [0.29, 0.717) is 31.1 Å². The molecule has 0 fully saturated rings. The first kappa shape index (κ1) is 16.0. The maximum Gasteiger partial charge on any atom is 0.197 e. The molecule has 1 aromatic heterocycles. The van der Waals surface area contributed by atoms with E-state index in [1.165, 1.54) is 11.5 Å². The highest BCUT2D eigenvalue weighted by molar-refractivity contribution is 7.11. The number of rotatable bonds is 8. The van der Waals surface area contributed by atoms with Crippen molar-refractivity contribution in [3.63, 3.8) is 0 Å². The Hall–Kier alpha value is -1.05. The maximum atomic E-state index is 10.2. The smallest absolute Gasteiger partial charge is 0.197 e. The topological polar surface area (TPSA) is 89.6 Å². The van der Waals surface area contributed by atoms with Crippen LogP contribution in [0, 0.1) is 0 Å². The number of hydrogen-bond acceptors (Lipinski definition) is 7. The van der Waals surface area contributed by atoms with E-state index in [1.54, 1.807) is 14.0 Å². The van der Waals surface area contributed by atoms with Gasteiger partial charge in [-0.1, -0.05) is 0 Å². The van der Waals surface area contributed by atoms with Crippen LogP contribution in [0.1, 0.15) is 27.2 Å². The zero-order valence-corrected chi connectivity index (χ0v) is 12.7. The van der Waals surface area contributed by atoms with Crippen LogP contribution in [-0.2, 0) is 4.74 Å². The Morgan fingerprint density at radius 1 is 1.53 bits per heavy atom. The van der Waals surface area contributed by atoms with Gasteiger partial charge in [0.05, 0.1) is 11.7 Å². The van der Waals surface area contributed by atoms with Crippen molar-refractivity contribution >= 4 is 22.4 Å². The second-order valence-electron chi connectivity index (χ2n) is 4.99. The van der Waals surface area contributed by atoms with Crippen LogP contribution in [0.4, 0.5) is 10.8 Å². The predicted molar refractivity (Wildman–Crippen MR) is 77.9 cm³/mol. The zero-order valence-electron chi connectivity index (χ0n) is 11.9. The molecular weight excluding hydrogens is 266 g/mol. The van der Waals surface area contributed by atoms with Crippen LogP contribution >= 0.6 is 11.5 Å². The molecule has 0 bridgehead atoms. The van der Waals surface area contributed by atoms with E-state index in [1.807, 2.05) is 13.8 Å². The van der Waals surface area contributed by atoms with Gasteiger partial charge in [0.15, 0.2) is 16.6 Å². The first-order chi connectivity index (χ1) is 8.85. The second kappa shape index (κ2) is 6.93. The minimum atomic E-state index is -0.857. The van der Waals surface area contributed by atoms with Crippen molar-refractivity contribution in [1.82, 2.24) is 4.37 Å². The van der Waals surface area contributed by atoms with Crippen molar-refractivity contribution in [2.75, 3.05) is 31.3 Å². The Morgan fingerprint density at radius 3 is 2.79 bits per heavy atom. The lowest BCUT2D eigenvalue weighted by Gasteiger charge is -2.23. The van der Waals surface area contributed by atoms with Gasteiger partial charge >= 0.3 is 0 Å². The number of nitrogens with two attached hydrogens (primary N) is 1. The first-order valence-electron chi connectivity index (χ1n) is 6.22. The fourth-order valence-electron chi connectivity index (χ4n) is 1.44. The fourth-order valence-corrected chi connectivity index (χ4v) is 2.08. The van der Waals surface area contributed by atoms with Gasteiger partial charge < -0.3 is 25.6 Å². The molecule has 0 aliphatic rings. The van der Waals surface area contributed by atoms with Gasteiger partial charge in [-0.3, -0.25) is 0 Å². The number of aliphatic hydroxyl groups is 1. The predicted octanol–water partition coefficient (Wildman–Crippen LogP) is 1.71. The molecule has 19 heavy (non-hydrogen) atoms. The molecule has 0 amide bonds. The number of aromatic nitrogens is 1. The molecule has 0 aromatic carbocycles. The fraction of sp³-hybridized carbons (Fsp3) is 0.750. The molecular formula is C12H23N3O3S. The molecule has 4 N–H and O–H groups in total. The van der Waals surface area contributed by atoms with Crippen molar-refractivity contribution < 1.29 is 14.6 Å². The van der Waals surface area contributed by atoms with Crippen LogP contribution in [-0.4, -0.2) is 41.4 Å². The maximum absolute atomic E-state index is 10.2. The van der Waals surface area contributed by atoms with Crippen LogP contribution in [0.25, 0.3) is 0 Å². The Bertz CT molecular complexity index is 394. The Labute approximate surface area is 118 Å². The first-order valence-corrected chi connectivity index (χ1v) is 7.00. The number of anilines is 2. The average molecular weight is 289 g/mol. The van der Waals surface area contributed by atoms with Gasteiger partial charge in [-0.05, 0) is 32.3 Å². The Kier molecular flexibility index (Phi) is 5.84. The van der Waals surface area contributed by atoms with Crippen LogP contribution < -0.4 is 15.8 Å². The van der Waals surface area contributed by atoms with E-state index < -0.39 is 5.60 Å². The van der Waals surface area contributed by atoms with Gasteiger partial charge in [-0.2, -0.15) is 4.37 Å². The van der Waals surface area contributed by atoms with Crippen molar-refractivity contribution in [1.29, 1.82) is 0 Å².